The first-order valence-electron chi connectivity index (χ1n) is 18.7. The van der Waals surface area contributed by atoms with Gasteiger partial charge in [-0.2, -0.15) is 5.26 Å². The highest BCUT2D eigenvalue weighted by atomic mass is 19.1. The number of hydrogen-bond donors (Lipinski definition) is 0. The maximum atomic E-state index is 14.2. The molecule has 0 N–H and O–H groups in total. The van der Waals surface area contributed by atoms with Gasteiger partial charge in [0.1, 0.15) is 5.82 Å². The van der Waals surface area contributed by atoms with Crippen LogP contribution in [0.15, 0.2) is 182 Å². The number of fused-ring (bicyclic) bond motifs is 11. The van der Waals surface area contributed by atoms with Gasteiger partial charge in [-0.05, 0) is 117 Å². The van der Waals surface area contributed by atoms with E-state index in [-0.39, 0.29) is 5.82 Å². The van der Waals surface area contributed by atoms with Crippen LogP contribution in [0.3, 0.4) is 0 Å². The predicted octanol–water partition coefficient (Wildman–Crippen LogP) is 13.8. The minimum absolute atomic E-state index is 0.271. The molecule has 56 heavy (non-hydrogen) atoms. The molecule has 11 rings (SSSR count). The van der Waals surface area contributed by atoms with E-state index >= 15 is 0 Å². The number of benzene rings is 9. The highest BCUT2D eigenvalue weighted by molar-refractivity contribution is 6.33. The van der Waals surface area contributed by atoms with E-state index in [1.165, 1.54) is 28.3 Å². The van der Waals surface area contributed by atoms with Crippen LogP contribution in [0, 0.1) is 17.1 Å². The van der Waals surface area contributed by atoms with E-state index in [0.29, 0.717) is 5.56 Å². The van der Waals surface area contributed by atoms with Crippen molar-refractivity contribution in [3.63, 3.8) is 0 Å². The number of hydrogen-bond acceptors (Lipinski definition) is 2. The lowest BCUT2D eigenvalue weighted by Crippen LogP contribution is -1.94. The summed E-state index contributed by atoms with van der Waals surface area (Å²) < 4.78 is 16.5. The SMILES string of the molecule is N#Cc1ccc2c(c1)c1cc(-c3ccc(-c4ccc5c(c4)nc(-c4ccc(F)cc4)c4c6ccccc6c6ccccc6c54)cc3)ccc1n2-c1ccccc1. The third kappa shape index (κ3) is 4.92. The zero-order chi connectivity index (χ0) is 37.3. The number of para-hydroxylation sites is 1. The Labute approximate surface area is 321 Å². The topological polar surface area (TPSA) is 41.6 Å². The van der Waals surface area contributed by atoms with Crippen LogP contribution in [0.5, 0.6) is 0 Å². The lowest BCUT2D eigenvalue weighted by atomic mass is 9.89. The van der Waals surface area contributed by atoms with Crippen molar-refractivity contribution in [3.8, 4) is 45.3 Å². The van der Waals surface area contributed by atoms with Crippen LogP contribution in [-0.4, -0.2) is 9.55 Å². The maximum Gasteiger partial charge on any atom is 0.123 e. The summed E-state index contributed by atoms with van der Waals surface area (Å²) in [6.07, 6.45) is 0. The zero-order valence-electron chi connectivity index (χ0n) is 30.0. The van der Waals surface area contributed by atoms with E-state index in [0.717, 1.165) is 88.1 Å². The molecule has 2 heterocycles. The van der Waals surface area contributed by atoms with E-state index in [9.17, 15) is 9.65 Å². The first-order valence-corrected chi connectivity index (χ1v) is 18.7. The molecule has 0 aliphatic carbocycles. The second-order valence-corrected chi connectivity index (χ2v) is 14.4. The van der Waals surface area contributed by atoms with Crippen LogP contribution in [0.4, 0.5) is 4.39 Å². The smallest absolute Gasteiger partial charge is 0.123 e. The number of aromatic nitrogens is 2. The molecule has 0 unspecified atom stereocenters. The molecule has 0 fully saturated rings. The molecule has 9 aromatic carbocycles. The third-order valence-corrected chi connectivity index (χ3v) is 11.2. The van der Waals surface area contributed by atoms with Crippen LogP contribution in [0.25, 0.3) is 104 Å². The Balaban J connectivity index is 1.06. The van der Waals surface area contributed by atoms with Gasteiger partial charge in [0.25, 0.3) is 0 Å². The van der Waals surface area contributed by atoms with E-state index in [1.54, 1.807) is 0 Å². The monoisotopic (exact) mass is 715 g/mol. The van der Waals surface area contributed by atoms with Gasteiger partial charge in [-0.3, -0.25) is 0 Å². The van der Waals surface area contributed by atoms with Gasteiger partial charge in [-0.25, -0.2) is 9.37 Å². The van der Waals surface area contributed by atoms with Crippen molar-refractivity contribution >= 4 is 65.0 Å². The zero-order valence-corrected chi connectivity index (χ0v) is 30.0. The van der Waals surface area contributed by atoms with Crippen molar-refractivity contribution in [2.45, 2.75) is 0 Å². The lowest BCUT2D eigenvalue weighted by molar-refractivity contribution is 0.628. The van der Waals surface area contributed by atoms with Crippen molar-refractivity contribution < 1.29 is 4.39 Å². The van der Waals surface area contributed by atoms with E-state index < -0.39 is 0 Å². The average molecular weight is 716 g/mol. The van der Waals surface area contributed by atoms with E-state index in [2.05, 4.69) is 144 Å². The standard InChI is InChI=1S/C52H30FN3/c53-38-23-19-35(20-24-38)52-51-43-13-7-5-11-41(43)40-10-4-6-12-42(40)50(51)44-25-21-37(30-47(44)55-52)34-17-15-33(16-18-34)36-22-27-49-46(29-36)45-28-32(31-54)14-26-48(45)56(49)39-8-2-1-3-9-39/h1-30H. The molecule has 0 spiro atoms. The Morgan fingerprint density at radius 2 is 0.964 bits per heavy atom. The third-order valence-electron chi connectivity index (χ3n) is 11.2. The van der Waals surface area contributed by atoms with Gasteiger partial charge < -0.3 is 4.57 Å². The Morgan fingerprint density at radius 1 is 0.429 bits per heavy atom. The van der Waals surface area contributed by atoms with E-state index in [1.807, 2.05) is 36.4 Å². The number of nitrogens with zero attached hydrogens (tertiary/aromatic N) is 3. The molecule has 0 saturated carbocycles. The maximum absolute atomic E-state index is 14.2. The normalized spacial score (nSPS) is 11.6. The summed E-state index contributed by atoms with van der Waals surface area (Å²) in [6.45, 7) is 0. The highest BCUT2D eigenvalue weighted by Crippen LogP contribution is 2.43. The Hall–Kier alpha value is -7.61. The predicted molar refractivity (Wildman–Crippen MR) is 230 cm³/mol. The van der Waals surface area contributed by atoms with Crippen LogP contribution in [-0.2, 0) is 0 Å². The van der Waals surface area contributed by atoms with Crippen LogP contribution in [0.2, 0.25) is 0 Å². The molecule has 0 radical (unpaired) electrons. The molecule has 0 amide bonds. The summed E-state index contributed by atoms with van der Waals surface area (Å²) in [4.78, 5) is 5.36. The fourth-order valence-electron chi connectivity index (χ4n) is 8.66. The summed E-state index contributed by atoms with van der Waals surface area (Å²) in [5, 5.41) is 19.9. The quantitative estimate of drug-likeness (QED) is 0.170. The molecule has 0 bridgehead atoms. The first-order chi connectivity index (χ1) is 27.6. The fourth-order valence-corrected chi connectivity index (χ4v) is 8.66. The van der Waals surface area contributed by atoms with E-state index in [4.69, 9.17) is 4.98 Å². The summed E-state index contributed by atoms with van der Waals surface area (Å²) in [5.74, 6) is -0.271. The molecule has 0 atom stereocenters. The summed E-state index contributed by atoms with van der Waals surface area (Å²) in [5.41, 5.74) is 10.9. The summed E-state index contributed by atoms with van der Waals surface area (Å²) >= 11 is 0. The van der Waals surface area contributed by atoms with Gasteiger partial charge in [0, 0.05) is 38.2 Å². The Bertz CT molecular complexity index is 3410. The number of nitriles is 1. The number of pyridine rings is 1. The van der Waals surface area contributed by atoms with Crippen molar-refractivity contribution in [3.05, 3.63) is 193 Å². The van der Waals surface area contributed by atoms with Gasteiger partial charge in [0.2, 0.25) is 0 Å². The molecule has 0 saturated heterocycles. The average Bonchev–Trinajstić information content (AvgIpc) is 3.59. The summed E-state index contributed by atoms with van der Waals surface area (Å²) in [6, 6.07) is 64.2. The number of halogens is 1. The molecule has 260 valence electrons. The summed E-state index contributed by atoms with van der Waals surface area (Å²) in [7, 11) is 0. The van der Waals surface area contributed by atoms with Crippen molar-refractivity contribution in [1.82, 2.24) is 9.55 Å². The molecule has 11 aromatic rings. The first kappa shape index (κ1) is 31.9. The molecule has 0 aliphatic heterocycles. The Morgan fingerprint density at radius 3 is 1.64 bits per heavy atom. The van der Waals surface area contributed by atoms with Gasteiger partial charge >= 0.3 is 0 Å². The van der Waals surface area contributed by atoms with Gasteiger partial charge in [-0.15, -0.1) is 0 Å². The van der Waals surface area contributed by atoms with Gasteiger partial charge in [0.15, 0.2) is 0 Å². The molecule has 0 aliphatic rings. The molecule has 2 aromatic heterocycles. The largest absolute Gasteiger partial charge is 0.309 e. The minimum atomic E-state index is -0.271. The van der Waals surface area contributed by atoms with Gasteiger partial charge in [-0.1, -0.05) is 109 Å². The highest BCUT2D eigenvalue weighted by Gasteiger charge is 2.19. The molecule has 4 heteroatoms. The van der Waals surface area contributed by atoms with Gasteiger partial charge in [0.05, 0.1) is 33.9 Å². The van der Waals surface area contributed by atoms with Crippen molar-refractivity contribution in [2.75, 3.05) is 0 Å². The molecule has 3 nitrogen and oxygen atoms in total. The van der Waals surface area contributed by atoms with Crippen molar-refractivity contribution in [2.24, 2.45) is 0 Å². The minimum Gasteiger partial charge on any atom is -0.309 e. The second kappa shape index (κ2) is 12.5. The van der Waals surface area contributed by atoms with Crippen LogP contribution < -0.4 is 0 Å². The lowest BCUT2D eigenvalue weighted by Gasteiger charge is -2.17. The molecular formula is C52H30FN3. The second-order valence-electron chi connectivity index (χ2n) is 14.4. The van der Waals surface area contributed by atoms with Crippen molar-refractivity contribution in [1.29, 1.82) is 5.26 Å². The van der Waals surface area contributed by atoms with Crippen LogP contribution >= 0.6 is 0 Å². The number of rotatable bonds is 4. The fraction of sp³-hybridized carbons (Fsp3) is 0. The van der Waals surface area contributed by atoms with Crippen LogP contribution in [0.1, 0.15) is 5.56 Å². The molecular weight excluding hydrogens is 686 g/mol. The Kier molecular flexibility index (Phi) is 7.10.